The van der Waals surface area contributed by atoms with Crippen molar-refractivity contribution in [2.75, 3.05) is 80.5 Å². The molecule has 4 aliphatic rings. The lowest BCUT2D eigenvalue weighted by atomic mass is 9.89. The fourth-order valence-electron chi connectivity index (χ4n) is 15.4. The highest BCUT2D eigenvalue weighted by molar-refractivity contribution is 7.90. The highest BCUT2D eigenvalue weighted by atomic mass is 32.2. The minimum Gasteiger partial charge on any atom is -0.497 e. The molecule has 26 heteroatoms. The van der Waals surface area contributed by atoms with Gasteiger partial charge < -0.3 is 38.4 Å². The summed E-state index contributed by atoms with van der Waals surface area (Å²) in [6.07, 6.45) is -13.8. The summed E-state index contributed by atoms with van der Waals surface area (Å²) in [5.41, 5.74) is 14.2. The number of hydrogen-bond donors (Lipinski definition) is 0. The SMILES string of the molecule is CC(C)c1cc(F)cc(F)c1.CC(C)c1ccc(C(F)(F)F)cc1.CC(C)c1ccc(N2CCC(c3ccc(OC(F)(F)F)cc3)CC2)cc1.CC(C)c1ccc(N2CCN(c3ccc(C(F)(F)F)cc3)CC2)c(F)c1.CC(C)c1ccc(Oc2ccc(C(F)(F)F)cc2)cc1.CC(C)c1ccc(S(C)(=O)=O)cc1.CC(C)c1ccc2c(c1)CCO2.COc1ccc(C(C)C)cc1.[2H]C1Oc2ccc(C(C)C)cc2C1[2H]. The lowest BCUT2D eigenvalue weighted by Gasteiger charge is -2.37. The van der Waals surface area contributed by atoms with Gasteiger partial charge in [-0.25, -0.2) is 21.6 Å². The first-order valence-corrected chi connectivity index (χ1v) is 50.4. The van der Waals surface area contributed by atoms with Gasteiger partial charge >= 0.3 is 24.9 Å². The van der Waals surface area contributed by atoms with Crippen LogP contribution in [0.2, 0.25) is 0 Å². The summed E-state index contributed by atoms with van der Waals surface area (Å²) in [5, 5.41) is 0. The van der Waals surface area contributed by atoms with Crippen LogP contribution >= 0.6 is 0 Å². The van der Waals surface area contributed by atoms with Gasteiger partial charge in [0, 0.05) is 77.2 Å². The van der Waals surface area contributed by atoms with Crippen LogP contribution in [0.4, 0.5) is 82.9 Å². The van der Waals surface area contributed by atoms with Gasteiger partial charge in [-0.3, -0.25) is 0 Å². The Balaban J connectivity index is 0.000000204. The van der Waals surface area contributed by atoms with Crippen molar-refractivity contribution < 1.29 is 101 Å². The second kappa shape index (κ2) is 54.2. The predicted octanol–water partition coefficient (Wildman–Crippen LogP) is 34.4. The van der Waals surface area contributed by atoms with Crippen molar-refractivity contribution in [2.24, 2.45) is 0 Å². The zero-order valence-electron chi connectivity index (χ0n) is 87.7. The van der Waals surface area contributed by atoms with Crippen molar-refractivity contribution in [3.05, 3.63) is 368 Å². The zero-order valence-corrected chi connectivity index (χ0v) is 86.5. The molecule has 2 unspecified atom stereocenters. The van der Waals surface area contributed by atoms with E-state index in [2.05, 4.69) is 147 Å². The van der Waals surface area contributed by atoms with E-state index in [9.17, 15) is 74.3 Å². The number of fused-ring (bicyclic) bond motifs is 2. The maximum absolute atomic E-state index is 14.4. The molecule has 0 N–H and O–H groups in total. The molecule has 2 fully saturated rings. The van der Waals surface area contributed by atoms with Crippen molar-refractivity contribution >= 4 is 26.9 Å². The number of alkyl halides is 12. The lowest BCUT2D eigenvalue weighted by Crippen LogP contribution is -2.46. The van der Waals surface area contributed by atoms with Crippen molar-refractivity contribution in [2.45, 2.75) is 239 Å². The smallest absolute Gasteiger partial charge is 0.497 e. The number of hydrogen-bond acceptors (Lipinski definition) is 10. The Labute approximate surface area is 845 Å². The number of aryl methyl sites for hydroxylation is 1. The average Bonchev–Trinajstić information content (AvgIpc) is 1.64. The van der Waals surface area contributed by atoms with Crippen molar-refractivity contribution in [1.82, 2.24) is 0 Å². The first kappa shape index (κ1) is 114. The number of halogens is 15. The number of piperazine rings is 1. The summed E-state index contributed by atoms with van der Waals surface area (Å²) in [6.45, 7) is 42.0. The maximum Gasteiger partial charge on any atom is 0.573 e. The van der Waals surface area contributed by atoms with Gasteiger partial charge in [0.15, 0.2) is 9.84 Å². The number of piperidine rings is 1. The quantitative estimate of drug-likeness (QED) is 0.0774. The minimum atomic E-state index is -4.64. The first-order valence-electron chi connectivity index (χ1n) is 49.7. The third-order valence-electron chi connectivity index (χ3n) is 24.5. The molecule has 0 saturated carbocycles. The Morgan fingerprint density at radius 3 is 1.07 bits per heavy atom. The topological polar surface area (TPSA) is 90.0 Å². The molecule has 10 nitrogen and oxygen atoms in total. The molecule has 2 atom stereocenters. The van der Waals surface area contributed by atoms with E-state index in [1.54, 1.807) is 37.4 Å². The van der Waals surface area contributed by atoms with E-state index in [-0.39, 0.29) is 29.3 Å². The van der Waals surface area contributed by atoms with Gasteiger partial charge in [0.1, 0.15) is 51.9 Å². The van der Waals surface area contributed by atoms with Gasteiger partial charge in [-0.15, -0.1) is 13.2 Å². The summed E-state index contributed by atoms with van der Waals surface area (Å²) in [7, 11) is -1.36. The van der Waals surface area contributed by atoms with Crippen molar-refractivity contribution in [3.63, 3.8) is 0 Å². The lowest BCUT2D eigenvalue weighted by molar-refractivity contribution is -0.274. The molecule has 4 heterocycles. The first-order chi connectivity index (χ1) is 68.4. The molecular weight excluding hydrogens is 1890 g/mol. The van der Waals surface area contributed by atoms with E-state index in [1.165, 1.54) is 106 Å². The zero-order chi connectivity index (χ0) is 108. The van der Waals surface area contributed by atoms with Crippen LogP contribution in [-0.2, 0) is 41.2 Å². The molecule has 0 amide bonds. The molecule has 16 rings (SSSR count). The highest BCUT2D eigenvalue weighted by Crippen LogP contribution is 2.39. The van der Waals surface area contributed by atoms with Crippen LogP contribution in [0.25, 0.3) is 0 Å². The van der Waals surface area contributed by atoms with E-state index in [0.29, 0.717) is 101 Å². The van der Waals surface area contributed by atoms with Gasteiger partial charge in [-0.05, 0) is 297 Å². The van der Waals surface area contributed by atoms with Crippen LogP contribution in [0.5, 0.6) is 34.5 Å². The molecule has 12 aromatic rings. The molecule has 0 aromatic heterocycles. The number of nitrogens with zero attached hydrogens (tertiary/aromatic N) is 3. The molecule has 2 saturated heterocycles. The molecule has 0 radical (unpaired) electrons. The largest absolute Gasteiger partial charge is 0.573 e. The van der Waals surface area contributed by atoms with Gasteiger partial charge in [0.25, 0.3) is 0 Å². The molecule has 0 aliphatic carbocycles. The van der Waals surface area contributed by atoms with Crippen LogP contribution in [-0.4, -0.2) is 80.6 Å². The van der Waals surface area contributed by atoms with E-state index in [1.807, 2.05) is 130 Å². The number of ether oxygens (including phenoxy) is 5. The number of rotatable bonds is 18. The molecular formula is C118H138F15N3O7S. The van der Waals surface area contributed by atoms with Crippen molar-refractivity contribution in [1.29, 1.82) is 0 Å². The fraction of sp³-hybridized carbons (Fsp3) is 0.390. The number of anilines is 3. The molecule has 144 heavy (non-hydrogen) atoms. The van der Waals surface area contributed by atoms with Crippen LogP contribution in [0.3, 0.4) is 0 Å². The molecule has 0 spiro atoms. The average molecular weight is 2030 g/mol. The molecule has 4 aliphatic heterocycles. The fourth-order valence-corrected chi connectivity index (χ4v) is 16.1. The third-order valence-corrected chi connectivity index (χ3v) is 25.7. The van der Waals surface area contributed by atoms with Gasteiger partial charge in [-0.1, -0.05) is 228 Å². The Hall–Kier alpha value is -12.1. The standard InChI is InChI=1S/C21H24F3NO.C20H22F4N2.C16H15F3O.2C11H14O.C10H11F3.C10H14O2S.C10H14O.C9H10F2/c1-15(2)16-3-7-19(8-4-16)25-13-11-18(12-14-25)17-5-9-20(10-6-17)26-21(22,23)24;1-14(2)15-3-8-19(18(21)13-15)26-11-9-25(10-12-26)17-6-4-16(5-7-17)20(22,23)24;1-11(2)12-3-7-14(8-4-12)20-15-9-5-13(6-10-15)16(17,18)19;2*1-8(2)9-3-4-11-10(7-9)5-6-12-11;1-7(2)8-3-5-9(6-4-8)10(11,12)13;1-8(2)9-4-6-10(7-5-9)13(3,11)12;1-8(2)9-4-6-10(11-3)7-5-9;1-6(2)7-3-8(10)5-9(11)4-7/h3-10,15,18H,11-14H2,1-2H3;3-8,13-14H,9-12H2,1-2H3;3-11H,1-2H3;2*3-4,7-8H,5-6H2,1-2H3;3-7H,1-2H3;4-8H,1-3H3;4-8H,1-3H3;3-6H,1-2H3/i;;;5D,6D;;;;;. The third kappa shape index (κ3) is 38.2. The Morgan fingerprint density at radius 2 is 0.674 bits per heavy atom. The minimum absolute atomic E-state index is 0.163. The van der Waals surface area contributed by atoms with Crippen LogP contribution in [0.15, 0.2) is 272 Å². The summed E-state index contributed by atoms with van der Waals surface area (Å²) < 4.78 is 250. The maximum atomic E-state index is 14.4. The Kier molecular flexibility index (Phi) is 42.9. The number of benzene rings is 12. The van der Waals surface area contributed by atoms with Crippen LogP contribution < -0.4 is 38.4 Å². The van der Waals surface area contributed by atoms with Gasteiger partial charge in [0.05, 0.1) is 48.9 Å². The van der Waals surface area contributed by atoms with Crippen molar-refractivity contribution in [3.8, 4) is 34.5 Å². The summed E-state index contributed by atoms with van der Waals surface area (Å²) >= 11 is 0. The van der Waals surface area contributed by atoms with E-state index < -0.39 is 76.0 Å². The molecule has 12 aromatic carbocycles. The molecule has 0 bridgehead atoms. The second-order valence-corrected chi connectivity index (χ2v) is 40.4. The van der Waals surface area contributed by atoms with E-state index in [0.717, 1.165) is 126 Å². The van der Waals surface area contributed by atoms with Crippen LogP contribution in [0.1, 0.15) is 283 Å². The Bertz CT molecular complexity index is 6050. The Morgan fingerprint density at radius 1 is 0.347 bits per heavy atom. The second-order valence-electron chi connectivity index (χ2n) is 38.4. The number of methoxy groups -OCH3 is 1. The summed E-state index contributed by atoms with van der Waals surface area (Å²) in [4.78, 5) is 6.77. The van der Waals surface area contributed by atoms with Gasteiger partial charge in [-0.2, -0.15) is 39.5 Å². The van der Waals surface area contributed by atoms with E-state index in [4.69, 9.17) is 21.7 Å². The number of sulfone groups is 1. The summed E-state index contributed by atoms with van der Waals surface area (Å²) in [6, 6.07) is 74.3. The van der Waals surface area contributed by atoms with Crippen LogP contribution in [0, 0.1) is 17.5 Å². The molecule has 778 valence electrons. The summed E-state index contributed by atoms with van der Waals surface area (Å²) in [5.74, 6) is 6.45. The van der Waals surface area contributed by atoms with Gasteiger partial charge in [0.2, 0.25) is 0 Å². The normalized spacial score (nSPS) is 14.8. The van der Waals surface area contributed by atoms with E-state index >= 15 is 0 Å². The highest BCUT2D eigenvalue weighted by Gasteiger charge is 2.35. The monoisotopic (exact) mass is 2030 g/mol. The predicted molar refractivity (Wildman–Crippen MR) is 552 cm³/mol.